The molecule has 1 amide bonds. The normalized spacial score (nSPS) is 17.7. The molecule has 0 unspecified atom stereocenters. The van der Waals surface area contributed by atoms with Gasteiger partial charge in [-0.05, 0) is 24.3 Å². The van der Waals surface area contributed by atoms with Gasteiger partial charge in [-0.1, -0.05) is 29.8 Å². The van der Waals surface area contributed by atoms with Crippen LogP contribution in [0.25, 0.3) is 0 Å². The zero-order valence-electron chi connectivity index (χ0n) is 15.7. The van der Waals surface area contributed by atoms with Crippen molar-refractivity contribution in [2.24, 2.45) is 0 Å². The van der Waals surface area contributed by atoms with E-state index in [9.17, 15) is 22.4 Å². The van der Waals surface area contributed by atoms with E-state index in [1.165, 1.54) is 4.90 Å². The Bertz CT molecular complexity index is 1130. The summed E-state index contributed by atoms with van der Waals surface area (Å²) in [7, 11) is -4.02. The molecule has 30 heavy (non-hydrogen) atoms. The third-order valence-corrected chi connectivity index (χ3v) is 7.15. The van der Waals surface area contributed by atoms with Crippen LogP contribution in [0.15, 0.2) is 47.4 Å². The molecule has 10 heteroatoms. The largest absolute Gasteiger partial charge is 0.450 e. The van der Waals surface area contributed by atoms with E-state index in [0.717, 1.165) is 23.8 Å². The number of carbonyl (C=O) groups is 2. The van der Waals surface area contributed by atoms with Gasteiger partial charge in [0.2, 0.25) is 15.9 Å². The van der Waals surface area contributed by atoms with E-state index >= 15 is 0 Å². The predicted octanol–water partition coefficient (Wildman–Crippen LogP) is 2.45. The van der Waals surface area contributed by atoms with Crippen molar-refractivity contribution in [2.75, 3.05) is 19.6 Å². The minimum Gasteiger partial charge on any atom is -0.450 e. The van der Waals surface area contributed by atoms with Gasteiger partial charge in [0.1, 0.15) is 11.4 Å². The van der Waals surface area contributed by atoms with Crippen molar-refractivity contribution in [2.45, 2.75) is 23.3 Å². The summed E-state index contributed by atoms with van der Waals surface area (Å²) in [6.45, 7) is 0.204. The summed E-state index contributed by atoms with van der Waals surface area (Å²) in [4.78, 5) is 26.0. The molecule has 0 atom stereocenters. The van der Waals surface area contributed by atoms with Gasteiger partial charge in [-0.15, -0.1) is 0 Å². The number of benzene rings is 2. The SMILES string of the molecule is O=C1OC2(CCN(C(=O)CNS(=O)(=O)c3ccc(F)c(Cl)c3)CC2)c2ccccc21. The topological polar surface area (TPSA) is 92.8 Å². The van der Waals surface area contributed by atoms with Crippen LogP contribution >= 0.6 is 11.6 Å². The second-order valence-corrected chi connectivity index (χ2v) is 9.38. The van der Waals surface area contributed by atoms with Crippen LogP contribution in [0.5, 0.6) is 0 Å². The third kappa shape index (κ3) is 3.68. The zero-order valence-corrected chi connectivity index (χ0v) is 17.3. The second-order valence-electron chi connectivity index (χ2n) is 7.21. The molecule has 1 saturated heterocycles. The Morgan fingerprint density at radius 3 is 2.60 bits per heavy atom. The van der Waals surface area contributed by atoms with Gasteiger partial charge in [-0.25, -0.2) is 22.3 Å². The molecule has 2 aromatic carbocycles. The van der Waals surface area contributed by atoms with Gasteiger partial charge in [-0.2, -0.15) is 0 Å². The summed E-state index contributed by atoms with van der Waals surface area (Å²) in [5.74, 6) is -1.50. The number of likely N-dealkylation sites (tertiary alicyclic amines) is 1. The fourth-order valence-electron chi connectivity index (χ4n) is 3.83. The lowest BCUT2D eigenvalue weighted by atomic mass is 9.84. The lowest BCUT2D eigenvalue weighted by molar-refractivity contribution is -0.134. The number of hydrogen-bond acceptors (Lipinski definition) is 5. The molecule has 2 aliphatic rings. The molecule has 0 saturated carbocycles. The lowest BCUT2D eigenvalue weighted by Crippen LogP contribution is -2.48. The Labute approximate surface area is 177 Å². The van der Waals surface area contributed by atoms with E-state index in [4.69, 9.17) is 16.3 Å². The Balaban J connectivity index is 1.38. The molecule has 0 aromatic heterocycles. The van der Waals surface area contributed by atoms with Crippen LogP contribution < -0.4 is 4.72 Å². The van der Waals surface area contributed by atoms with E-state index in [2.05, 4.69) is 4.72 Å². The molecule has 4 rings (SSSR count). The van der Waals surface area contributed by atoms with E-state index in [1.807, 2.05) is 12.1 Å². The minimum atomic E-state index is -4.02. The van der Waals surface area contributed by atoms with Crippen molar-refractivity contribution >= 4 is 33.5 Å². The van der Waals surface area contributed by atoms with Crippen molar-refractivity contribution in [1.29, 1.82) is 0 Å². The maximum Gasteiger partial charge on any atom is 0.339 e. The molecule has 7 nitrogen and oxygen atoms in total. The Hall–Kier alpha value is -2.49. The maximum absolute atomic E-state index is 13.2. The zero-order chi connectivity index (χ0) is 21.5. The number of rotatable bonds is 4. The van der Waals surface area contributed by atoms with Crippen molar-refractivity contribution in [3.05, 3.63) is 64.4 Å². The highest BCUT2D eigenvalue weighted by Gasteiger charge is 2.47. The molecule has 2 aromatic rings. The number of carbonyl (C=O) groups excluding carboxylic acids is 2. The lowest BCUT2D eigenvalue weighted by Gasteiger charge is -2.38. The highest BCUT2D eigenvalue weighted by Crippen LogP contribution is 2.43. The summed E-state index contributed by atoms with van der Waals surface area (Å²) in [6, 6.07) is 10.2. The first kappa shape index (κ1) is 20.8. The number of esters is 1. The number of fused-ring (bicyclic) bond motifs is 2. The molecule has 1 N–H and O–H groups in total. The van der Waals surface area contributed by atoms with E-state index in [-0.39, 0.29) is 15.9 Å². The first-order valence-corrected chi connectivity index (χ1v) is 11.1. The summed E-state index contributed by atoms with van der Waals surface area (Å²) < 4.78 is 45.8. The number of ether oxygens (including phenoxy) is 1. The molecule has 0 radical (unpaired) electrons. The van der Waals surface area contributed by atoms with Crippen LogP contribution in [0.1, 0.15) is 28.8 Å². The quantitative estimate of drug-likeness (QED) is 0.719. The van der Waals surface area contributed by atoms with E-state index in [0.29, 0.717) is 31.5 Å². The first-order valence-electron chi connectivity index (χ1n) is 9.27. The molecule has 0 bridgehead atoms. The highest BCUT2D eigenvalue weighted by atomic mass is 35.5. The second kappa shape index (κ2) is 7.64. The van der Waals surface area contributed by atoms with E-state index < -0.39 is 33.9 Å². The fourth-order valence-corrected chi connectivity index (χ4v) is 5.08. The van der Waals surface area contributed by atoms with Crippen molar-refractivity contribution in [3.8, 4) is 0 Å². The van der Waals surface area contributed by atoms with Crippen LogP contribution in [0, 0.1) is 5.82 Å². The molecule has 1 spiro atoms. The van der Waals surface area contributed by atoms with Gasteiger partial charge < -0.3 is 9.64 Å². The van der Waals surface area contributed by atoms with Gasteiger partial charge in [-0.3, -0.25) is 4.79 Å². The summed E-state index contributed by atoms with van der Waals surface area (Å²) in [5.41, 5.74) is 0.633. The Morgan fingerprint density at radius 1 is 1.20 bits per heavy atom. The van der Waals surface area contributed by atoms with Crippen LogP contribution in [-0.2, 0) is 25.2 Å². The predicted molar refractivity (Wildman–Crippen MR) is 106 cm³/mol. The number of amides is 1. The fraction of sp³-hybridized carbons (Fsp3) is 0.300. The number of sulfonamides is 1. The average molecular weight is 453 g/mol. The minimum absolute atomic E-state index is 0.228. The van der Waals surface area contributed by atoms with Crippen LogP contribution in [0.4, 0.5) is 4.39 Å². The third-order valence-electron chi connectivity index (χ3n) is 5.46. The van der Waals surface area contributed by atoms with Crippen LogP contribution in [0.2, 0.25) is 5.02 Å². The van der Waals surface area contributed by atoms with Crippen LogP contribution in [-0.4, -0.2) is 44.8 Å². The smallest absolute Gasteiger partial charge is 0.339 e. The van der Waals surface area contributed by atoms with Gasteiger partial charge in [0.15, 0.2) is 0 Å². The Kier molecular flexibility index (Phi) is 5.29. The molecular weight excluding hydrogens is 435 g/mol. The number of halogens is 2. The van der Waals surface area contributed by atoms with Crippen molar-refractivity contribution in [1.82, 2.24) is 9.62 Å². The molecule has 158 valence electrons. The van der Waals surface area contributed by atoms with Crippen molar-refractivity contribution < 1.29 is 27.1 Å². The number of hydrogen-bond donors (Lipinski definition) is 1. The van der Waals surface area contributed by atoms with Gasteiger partial charge >= 0.3 is 5.97 Å². The summed E-state index contributed by atoms with van der Waals surface area (Å²) in [6.07, 6.45) is 0.865. The molecule has 0 aliphatic carbocycles. The van der Waals surface area contributed by atoms with Gasteiger partial charge in [0, 0.05) is 31.5 Å². The number of piperidine rings is 1. The molecule has 2 heterocycles. The maximum atomic E-state index is 13.2. The highest BCUT2D eigenvalue weighted by molar-refractivity contribution is 7.89. The first-order chi connectivity index (χ1) is 14.2. The monoisotopic (exact) mass is 452 g/mol. The van der Waals surface area contributed by atoms with Crippen LogP contribution in [0.3, 0.4) is 0 Å². The number of nitrogens with one attached hydrogen (secondary N) is 1. The van der Waals surface area contributed by atoms with Crippen molar-refractivity contribution in [3.63, 3.8) is 0 Å². The average Bonchev–Trinajstić information content (AvgIpc) is 3.00. The van der Waals surface area contributed by atoms with Gasteiger partial charge in [0.25, 0.3) is 0 Å². The summed E-state index contributed by atoms with van der Waals surface area (Å²) >= 11 is 5.63. The van der Waals surface area contributed by atoms with Gasteiger partial charge in [0.05, 0.1) is 22.0 Å². The number of nitrogens with zero attached hydrogens (tertiary/aromatic N) is 1. The Morgan fingerprint density at radius 2 is 1.90 bits per heavy atom. The molecule has 2 aliphatic heterocycles. The van der Waals surface area contributed by atoms with E-state index in [1.54, 1.807) is 12.1 Å². The molecule has 1 fully saturated rings. The summed E-state index contributed by atoms with van der Waals surface area (Å²) in [5, 5.41) is -0.322. The standard InChI is InChI=1S/C20H18ClFN2O5S/c21-16-11-13(5-6-17(16)22)30(27,28)23-12-18(25)24-9-7-20(8-10-24)15-4-2-1-3-14(15)19(26)29-20/h1-6,11,23H,7-10,12H2. The molecular formula is C20H18ClFN2O5S.